The minimum Gasteiger partial charge on any atom is -0.260 e. The van der Waals surface area contributed by atoms with Crippen LogP contribution in [0.2, 0.25) is 5.02 Å². The van der Waals surface area contributed by atoms with Crippen molar-refractivity contribution in [3.63, 3.8) is 0 Å². The van der Waals surface area contributed by atoms with Crippen LogP contribution in [0, 0.1) is 0 Å². The predicted molar refractivity (Wildman–Crippen MR) is 150 cm³/mol. The number of hydrogen-bond acceptors (Lipinski definition) is 3. The van der Waals surface area contributed by atoms with E-state index in [2.05, 4.69) is 70.1 Å². The standard InChI is InChI=1S/C31H32ClN3/c1-7-21-20(6)30-22(19(5)17-33-26(21)8-2)13-11-14-23(30)24-15-12-16-25(31(24)32)29-18-34-27(9-3)28(10-4)35-29/h7,11-18,20H,1,5,8-10H2,2-4,6H3/b26-21-,33-17?. The third-order valence-electron chi connectivity index (χ3n) is 6.78. The van der Waals surface area contributed by atoms with E-state index >= 15 is 0 Å². The zero-order valence-electron chi connectivity index (χ0n) is 21.0. The number of aryl methyl sites for hydroxylation is 2. The summed E-state index contributed by atoms with van der Waals surface area (Å²) < 4.78 is 0. The largest absolute Gasteiger partial charge is 0.260 e. The fourth-order valence-corrected chi connectivity index (χ4v) is 5.26. The molecule has 1 aliphatic heterocycles. The Labute approximate surface area is 214 Å². The lowest BCUT2D eigenvalue weighted by Gasteiger charge is -2.26. The first-order valence-electron chi connectivity index (χ1n) is 12.3. The maximum Gasteiger partial charge on any atom is 0.0903 e. The molecular formula is C31H32ClN3. The van der Waals surface area contributed by atoms with Crippen LogP contribution in [0.1, 0.15) is 62.5 Å². The van der Waals surface area contributed by atoms with E-state index in [4.69, 9.17) is 21.6 Å². The van der Waals surface area contributed by atoms with Gasteiger partial charge in [-0.15, -0.1) is 0 Å². The monoisotopic (exact) mass is 481 g/mol. The summed E-state index contributed by atoms with van der Waals surface area (Å²) in [7, 11) is 0. The van der Waals surface area contributed by atoms with Crippen LogP contribution in [0.4, 0.5) is 0 Å². The molecule has 4 rings (SSSR count). The third kappa shape index (κ3) is 4.53. The van der Waals surface area contributed by atoms with Crippen molar-refractivity contribution in [3.05, 3.63) is 101 Å². The predicted octanol–water partition coefficient (Wildman–Crippen LogP) is 8.64. The Hall–Kier alpha value is -3.30. The van der Waals surface area contributed by atoms with Crippen molar-refractivity contribution in [1.82, 2.24) is 9.97 Å². The Kier molecular flexibility index (Phi) is 7.47. The topological polar surface area (TPSA) is 38.1 Å². The molecule has 0 aliphatic carbocycles. The Morgan fingerprint density at radius 1 is 0.914 bits per heavy atom. The third-order valence-corrected chi connectivity index (χ3v) is 7.19. The van der Waals surface area contributed by atoms with Crippen molar-refractivity contribution in [2.24, 2.45) is 4.99 Å². The highest BCUT2D eigenvalue weighted by Gasteiger charge is 2.24. The van der Waals surface area contributed by atoms with Gasteiger partial charge in [-0.2, -0.15) is 0 Å². The minimum absolute atomic E-state index is 0.0814. The van der Waals surface area contributed by atoms with E-state index in [9.17, 15) is 0 Å². The van der Waals surface area contributed by atoms with E-state index in [0.717, 1.165) is 75.4 Å². The SMILES string of the molecule is C=C/C1=C(\CC)N=CC(=C)c2cccc(-c3cccc(-c4cnc(CC)c(CC)n4)c3Cl)c2C1C. The van der Waals surface area contributed by atoms with Crippen molar-refractivity contribution in [3.8, 4) is 22.4 Å². The lowest BCUT2D eigenvalue weighted by molar-refractivity contribution is 0.875. The van der Waals surface area contributed by atoms with Gasteiger partial charge >= 0.3 is 0 Å². The van der Waals surface area contributed by atoms with Crippen molar-refractivity contribution >= 4 is 23.4 Å². The van der Waals surface area contributed by atoms with Crippen LogP contribution in [0.5, 0.6) is 0 Å². The minimum atomic E-state index is 0.0814. The Morgan fingerprint density at radius 3 is 2.23 bits per heavy atom. The molecule has 0 saturated heterocycles. The molecule has 0 spiro atoms. The normalized spacial score (nSPS) is 17.6. The van der Waals surface area contributed by atoms with Crippen molar-refractivity contribution in [2.45, 2.75) is 52.9 Å². The molecule has 2 heterocycles. The molecule has 3 nitrogen and oxygen atoms in total. The van der Waals surface area contributed by atoms with Gasteiger partial charge in [-0.1, -0.05) is 94.9 Å². The number of rotatable bonds is 6. The highest BCUT2D eigenvalue weighted by Crippen LogP contribution is 2.44. The number of nitrogens with zero attached hydrogens (tertiary/aromatic N) is 3. The fourth-order valence-electron chi connectivity index (χ4n) is 4.94. The van der Waals surface area contributed by atoms with Gasteiger partial charge in [0.1, 0.15) is 0 Å². The van der Waals surface area contributed by atoms with Gasteiger partial charge in [0.15, 0.2) is 0 Å². The number of fused-ring (bicyclic) bond motifs is 1. The molecule has 35 heavy (non-hydrogen) atoms. The van der Waals surface area contributed by atoms with Gasteiger partial charge in [0.05, 0.1) is 28.3 Å². The number of hydrogen-bond donors (Lipinski definition) is 0. The average Bonchev–Trinajstić information content (AvgIpc) is 2.89. The van der Waals surface area contributed by atoms with Crippen LogP contribution in [-0.2, 0) is 12.8 Å². The summed E-state index contributed by atoms with van der Waals surface area (Å²) in [4.78, 5) is 14.3. The van der Waals surface area contributed by atoms with Crippen LogP contribution in [0.25, 0.3) is 28.0 Å². The Morgan fingerprint density at radius 2 is 1.57 bits per heavy atom. The van der Waals surface area contributed by atoms with E-state index in [1.807, 2.05) is 30.6 Å². The highest BCUT2D eigenvalue weighted by atomic mass is 35.5. The van der Waals surface area contributed by atoms with Gasteiger partial charge in [0, 0.05) is 29.0 Å². The van der Waals surface area contributed by atoms with Gasteiger partial charge in [-0.3, -0.25) is 9.98 Å². The summed E-state index contributed by atoms with van der Waals surface area (Å²) in [6.07, 6.45) is 8.17. The molecule has 0 amide bonds. The van der Waals surface area contributed by atoms with Gasteiger partial charge < -0.3 is 0 Å². The van der Waals surface area contributed by atoms with E-state index < -0.39 is 0 Å². The lowest BCUT2D eigenvalue weighted by atomic mass is 9.80. The number of benzene rings is 2. The molecule has 1 atom stereocenters. The van der Waals surface area contributed by atoms with Crippen LogP contribution in [0.3, 0.4) is 0 Å². The van der Waals surface area contributed by atoms with Crippen LogP contribution < -0.4 is 0 Å². The lowest BCUT2D eigenvalue weighted by Crippen LogP contribution is -2.08. The van der Waals surface area contributed by atoms with Crippen molar-refractivity contribution in [1.29, 1.82) is 0 Å². The van der Waals surface area contributed by atoms with Gasteiger partial charge in [-0.25, -0.2) is 4.98 Å². The van der Waals surface area contributed by atoms with E-state index in [0.29, 0.717) is 5.02 Å². The fraction of sp³-hybridized carbons (Fsp3) is 0.258. The van der Waals surface area contributed by atoms with E-state index in [1.54, 1.807) is 0 Å². The second-order valence-corrected chi connectivity index (χ2v) is 9.13. The molecule has 0 fully saturated rings. The maximum atomic E-state index is 7.12. The van der Waals surface area contributed by atoms with Crippen molar-refractivity contribution < 1.29 is 0 Å². The summed E-state index contributed by atoms with van der Waals surface area (Å²) in [5, 5.41) is 0.676. The van der Waals surface area contributed by atoms with E-state index in [-0.39, 0.29) is 5.92 Å². The van der Waals surface area contributed by atoms with Crippen LogP contribution >= 0.6 is 11.6 Å². The second-order valence-electron chi connectivity index (χ2n) is 8.75. The molecule has 2 aromatic carbocycles. The highest BCUT2D eigenvalue weighted by molar-refractivity contribution is 6.36. The summed E-state index contributed by atoms with van der Waals surface area (Å²) >= 11 is 7.12. The first kappa shape index (κ1) is 24.8. The molecule has 3 aromatic rings. The quantitative estimate of drug-likeness (QED) is 0.353. The number of aliphatic imine (C=N–C) groups is 1. The average molecular weight is 482 g/mol. The molecule has 1 unspecified atom stereocenters. The van der Waals surface area contributed by atoms with Crippen molar-refractivity contribution in [2.75, 3.05) is 0 Å². The zero-order valence-corrected chi connectivity index (χ0v) is 21.8. The molecule has 178 valence electrons. The molecule has 0 bridgehead atoms. The second kappa shape index (κ2) is 10.5. The van der Waals surface area contributed by atoms with Gasteiger partial charge in [0.2, 0.25) is 0 Å². The van der Waals surface area contributed by atoms with Crippen LogP contribution in [-0.4, -0.2) is 16.2 Å². The summed E-state index contributed by atoms with van der Waals surface area (Å²) in [5.41, 5.74) is 11.1. The van der Waals surface area contributed by atoms with E-state index in [1.165, 1.54) is 5.56 Å². The Bertz CT molecular complexity index is 1360. The molecule has 0 radical (unpaired) electrons. The molecular weight excluding hydrogens is 450 g/mol. The number of halogens is 1. The first-order chi connectivity index (χ1) is 16.9. The molecule has 0 saturated carbocycles. The summed E-state index contributed by atoms with van der Waals surface area (Å²) in [5.74, 6) is 0.0814. The first-order valence-corrected chi connectivity index (χ1v) is 12.7. The summed E-state index contributed by atoms with van der Waals surface area (Å²) in [6.45, 7) is 17.0. The van der Waals surface area contributed by atoms with Gasteiger partial charge in [0.25, 0.3) is 0 Å². The molecule has 1 aromatic heterocycles. The zero-order chi connectivity index (χ0) is 25.1. The Balaban J connectivity index is 1.95. The van der Waals surface area contributed by atoms with Gasteiger partial charge in [-0.05, 0) is 47.1 Å². The smallest absolute Gasteiger partial charge is 0.0903 e. The maximum absolute atomic E-state index is 7.12. The molecule has 1 aliphatic rings. The van der Waals surface area contributed by atoms with Crippen LogP contribution in [0.15, 0.2) is 78.1 Å². The summed E-state index contributed by atoms with van der Waals surface area (Å²) in [6, 6.07) is 12.5. The number of allylic oxidation sites excluding steroid dienone is 4. The molecule has 4 heteroatoms. The molecule has 0 N–H and O–H groups in total. The number of aromatic nitrogens is 2.